The van der Waals surface area contributed by atoms with E-state index < -0.39 is 29.2 Å². The Balaban J connectivity index is 1.53. The fourth-order valence-corrected chi connectivity index (χ4v) is 6.05. The van der Waals surface area contributed by atoms with E-state index in [2.05, 4.69) is 22.8 Å². The number of benzene rings is 1. The molecule has 40 heavy (non-hydrogen) atoms. The summed E-state index contributed by atoms with van der Waals surface area (Å²) in [7, 11) is 0. The third-order valence-corrected chi connectivity index (χ3v) is 8.35. The third kappa shape index (κ3) is 7.32. The van der Waals surface area contributed by atoms with Crippen molar-refractivity contribution in [1.82, 2.24) is 15.5 Å². The minimum absolute atomic E-state index is 0.0108. The number of alkyl carbamates (subject to hydrolysis) is 1. The lowest BCUT2D eigenvalue weighted by molar-refractivity contribution is -0.140. The largest absolute Gasteiger partial charge is 0.444 e. The number of hydrogen-bond acceptors (Lipinski definition) is 5. The topological polar surface area (TPSA) is 105 Å². The Morgan fingerprint density at radius 3 is 2.52 bits per heavy atom. The van der Waals surface area contributed by atoms with Gasteiger partial charge >= 0.3 is 6.09 Å². The molecule has 8 nitrogen and oxygen atoms in total. The maximum absolute atomic E-state index is 13.8. The Kier molecular flexibility index (Phi) is 9.37. The average Bonchev–Trinajstić information content (AvgIpc) is 3.36. The van der Waals surface area contributed by atoms with Gasteiger partial charge < -0.3 is 20.3 Å². The summed E-state index contributed by atoms with van der Waals surface area (Å²) in [5.41, 5.74) is -0.457. The van der Waals surface area contributed by atoms with Gasteiger partial charge in [-0.1, -0.05) is 55.3 Å². The van der Waals surface area contributed by atoms with Gasteiger partial charge in [-0.25, -0.2) is 4.79 Å². The summed E-state index contributed by atoms with van der Waals surface area (Å²) in [6.07, 6.45) is 9.65. The van der Waals surface area contributed by atoms with Crippen LogP contribution in [0.3, 0.4) is 0 Å². The van der Waals surface area contributed by atoms with E-state index in [9.17, 15) is 19.2 Å². The zero-order chi connectivity index (χ0) is 28.9. The second-order valence-corrected chi connectivity index (χ2v) is 12.7. The molecule has 2 fully saturated rings. The van der Waals surface area contributed by atoms with Gasteiger partial charge in [-0.15, -0.1) is 0 Å². The monoisotopic (exact) mass is 551 g/mol. The Morgan fingerprint density at radius 2 is 1.80 bits per heavy atom. The molecule has 0 bridgehead atoms. The van der Waals surface area contributed by atoms with Crippen LogP contribution in [0.15, 0.2) is 42.5 Å². The maximum atomic E-state index is 13.8. The Labute approximate surface area is 238 Å². The molecule has 0 spiro atoms. The van der Waals surface area contributed by atoms with E-state index in [1.807, 2.05) is 37.3 Å². The lowest BCUT2D eigenvalue weighted by Gasteiger charge is -2.30. The SMILES string of the molecule is C[C@H](NC(=O)[C@]12CC(=O)[C@@H]3CCCN3C(=O)[C@@H](NC(=O)OC(C)(C)C)CCCCC/C=C\[C@@H]1C2)c1ccccc1. The minimum Gasteiger partial charge on any atom is -0.444 e. The lowest BCUT2D eigenvalue weighted by atomic mass is 9.90. The zero-order valence-corrected chi connectivity index (χ0v) is 24.4. The number of Topliss-reactive ketones (excluding diaryl/α,β-unsaturated/α-hetero) is 1. The van der Waals surface area contributed by atoms with Crippen LogP contribution in [0, 0.1) is 11.3 Å². The fourth-order valence-electron chi connectivity index (χ4n) is 6.05. The highest BCUT2D eigenvalue weighted by atomic mass is 16.6. The Bertz CT molecular complexity index is 1110. The summed E-state index contributed by atoms with van der Waals surface area (Å²) < 4.78 is 5.43. The van der Waals surface area contributed by atoms with Crippen molar-refractivity contribution in [2.24, 2.45) is 11.3 Å². The highest BCUT2D eigenvalue weighted by molar-refractivity contribution is 5.97. The molecule has 0 radical (unpaired) electrons. The van der Waals surface area contributed by atoms with Crippen molar-refractivity contribution in [3.63, 3.8) is 0 Å². The molecule has 5 atom stereocenters. The van der Waals surface area contributed by atoms with Gasteiger partial charge in [0, 0.05) is 13.0 Å². The van der Waals surface area contributed by atoms with Gasteiger partial charge in [-0.3, -0.25) is 14.4 Å². The Morgan fingerprint density at radius 1 is 1.05 bits per heavy atom. The molecular weight excluding hydrogens is 506 g/mol. The van der Waals surface area contributed by atoms with Gasteiger partial charge in [0.25, 0.3) is 0 Å². The van der Waals surface area contributed by atoms with E-state index in [0.29, 0.717) is 25.8 Å². The number of nitrogens with zero attached hydrogens (tertiary/aromatic N) is 1. The van der Waals surface area contributed by atoms with E-state index in [1.54, 1.807) is 25.7 Å². The molecule has 3 aliphatic rings. The Hall–Kier alpha value is -3.16. The molecule has 8 heteroatoms. The summed E-state index contributed by atoms with van der Waals surface area (Å²) in [4.78, 5) is 55.4. The number of ether oxygens (including phenoxy) is 1. The van der Waals surface area contributed by atoms with Crippen molar-refractivity contribution in [3.05, 3.63) is 48.0 Å². The third-order valence-electron chi connectivity index (χ3n) is 8.35. The number of fused-ring (bicyclic) bond motifs is 2. The van der Waals surface area contributed by atoms with Crippen LogP contribution in [0.5, 0.6) is 0 Å². The molecule has 4 rings (SSSR count). The quantitative estimate of drug-likeness (QED) is 0.499. The first-order valence-electron chi connectivity index (χ1n) is 14.9. The first-order chi connectivity index (χ1) is 19.0. The lowest BCUT2D eigenvalue weighted by Crippen LogP contribution is -2.52. The number of ketones is 1. The van der Waals surface area contributed by atoms with Crippen molar-refractivity contribution < 1.29 is 23.9 Å². The number of carbonyl (C=O) groups is 4. The second-order valence-electron chi connectivity index (χ2n) is 12.7. The van der Waals surface area contributed by atoms with E-state index >= 15 is 0 Å². The van der Waals surface area contributed by atoms with Gasteiger partial charge in [0.15, 0.2) is 5.78 Å². The van der Waals surface area contributed by atoms with E-state index in [4.69, 9.17) is 4.74 Å². The molecular formula is C32H45N3O5. The van der Waals surface area contributed by atoms with Crippen molar-refractivity contribution in [2.45, 2.75) is 109 Å². The van der Waals surface area contributed by atoms with Gasteiger partial charge in [0.05, 0.1) is 17.5 Å². The molecule has 1 saturated carbocycles. The molecule has 2 N–H and O–H groups in total. The highest BCUT2D eigenvalue weighted by Crippen LogP contribution is 2.57. The van der Waals surface area contributed by atoms with Crippen LogP contribution in [0.2, 0.25) is 0 Å². The number of amides is 3. The molecule has 2 aliphatic heterocycles. The molecule has 0 unspecified atom stereocenters. The summed E-state index contributed by atoms with van der Waals surface area (Å²) in [5.74, 6) is -0.401. The van der Waals surface area contributed by atoms with E-state index in [0.717, 1.165) is 37.7 Å². The highest BCUT2D eigenvalue weighted by Gasteiger charge is 2.60. The summed E-state index contributed by atoms with van der Waals surface area (Å²) in [5, 5.41) is 5.94. The van der Waals surface area contributed by atoms with Crippen molar-refractivity contribution >= 4 is 23.7 Å². The van der Waals surface area contributed by atoms with Crippen LogP contribution < -0.4 is 10.6 Å². The van der Waals surface area contributed by atoms with Crippen molar-refractivity contribution in [3.8, 4) is 0 Å². The number of allylic oxidation sites excluding steroid dienone is 2. The van der Waals surface area contributed by atoms with Gasteiger partial charge in [0.2, 0.25) is 11.8 Å². The predicted molar refractivity (Wildman–Crippen MR) is 153 cm³/mol. The summed E-state index contributed by atoms with van der Waals surface area (Å²) >= 11 is 0. The summed E-state index contributed by atoms with van der Waals surface area (Å²) in [6, 6.07) is 8.30. The molecule has 1 saturated heterocycles. The minimum atomic E-state index is -0.789. The number of nitrogens with one attached hydrogen (secondary N) is 2. The van der Waals surface area contributed by atoms with E-state index in [-0.39, 0.29) is 36.0 Å². The molecule has 218 valence electrons. The van der Waals surface area contributed by atoms with Crippen LogP contribution >= 0.6 is 0 Å². The number of hydrogen-bond donors (Lipinski definition) is 2. The van der Waals surface area contributed by atoms with Gasteiger partial charge in [-0.05, 0) is 77.7 Å². The van der Waals surface area contributed by atoms with Crippen LogP contribution in [0.4, 0.5) is 4.79 Å². The van der Waals surface area contributed by atoms with Crippen LogP contribution in [-0.4, -0.2) is 52.8 Å². The molecule has 2 heterocycles. The van der Waals surface area contributed by atoms with Crippen molar-refractivity contribution in [1.29, 1.82) is 0 Å². The van der Waals surface area contributed by atoms with Crippen LogP contribution in [-0.2, 0) is 19.1 Å². The normalized spacial score (nSPS) is 29.2. The standard InChI is InChI=1S/C32H45N3O5/c1-22(23-14-9-8-10-15-23)33-29(38)32-20-24(32)16-11-6-5-7-12-17-25(34-30(39)40-31(2,3)4)28(37)35-19-13-18-26(35)27(36)21-32/h8-11,14-16,22,24-26H,5-7,12-13,17-21H2,1-4H3,(H,33,38)(H,34,39)/b16-11-/t22-,24+,25-,26-,32+/m0/s1. The van der Waals surface area contributed by atoms with Crippen LogP contribution in [0.1, 0.15) is 97.1 Å². The van der Waals surface area contributed by atoms with Gasteiger partial charge in [0.1, 0.15) is 11.6 Å². The predicted octanol–water partition coefficient (Wildman–Crippen LogP) is 5.23. The second kappa shape index (κ2) is 12.6. The average molecular weight is 552 g/mol. The first kappa shape index (κ1) is 29.8. The van der Waals surface area contributed by atoms with Crippen LogP contribution in [0.25, 0.3) is 0 Å². The molecule has 1 aliphatic carbocycles. The first-order valence-corrected chi connectivity index (χ1v) is 14.9. The zero-order valence-electron chi connectivity index (χ0n) is 24.4. The molecule has 1 aromatic rings. The molecule has 3 amide bonds. The molecule has 1 aromatic carbocycles. The van der Waals surface area contributed by atoms with E-state index in [1.165, 1.54) is 0 Å². The van der Waals surface area contributed by atoms with Gasteiger partial charge in [-0.2, -0.15) is 0 Å². The number of carbonyl (C=O) groups excluding carboxylic acids is 4. The van der Waals surface area contributed by atoms with Crippen molar-refractivity contribution in [2.75, 3.05) is 6.54 Å². The maximum Gasteiger partial charge on any atom is 0.408 e. The smallest absolute Gasteiger partial charge is 0.408 e. The fraction of sp³-hybridized carbons (Fsp3) is 0.625. The number of rotatable bonds is 4. The molecule has 0 aromatic heterocycles. The summed E-state index contributed by atoms with van der Waals surface area (Å²) in [6.45, 7) is 7.78.